The normalized spacial score (nSPS) is 13.6. The summed E-state index contributed by atoms with van der Waals surface area (Å²) in [6, 6.07) is 0. The Hall–Kier alpha value is -1.29. The van der Waals surface area contributed by atoms with Crippen molar-refractivity contribution in [3.63, 3.8) is 0 Å². The molecule has 0 aliphatic heterocycles. The Labute approximate surface area is 394 Å². The largest absolute Gasteiger partial charge is 0.472 e. The van der Waals surface area contributed by atoms with E-state index in [-0.39, 0.29) is 12.8 Å². The number of allylic oxidation sites excluding steroid dienone is 2. The highest BCUT2D eigenvalue weighted by Crippen LogP contribution is 2.43. The van der Waals surface area contributed by atoms with E-state index in [0.717, 1.165) is 38.5 Å². The number of phosphoric acid groups is 1. The third-order valence-electron chi connectivity index (χ3n) is 12.2. The van der Waals surface area contributed by atoms with E-state index in [1.807, 2.05) is 0 Å². The lowest BCUT2D eigenvalue weighted by molar-refractivity contribution is -0.153. The van der Waals surface area contributed by atoms with Crippen molar-refractivity contribution in [2.45, 2.75) is 289 Å². The monoisotopic (exact) mass is 931 g/mol. The van der Waals surface area contributed by atoms with Crippen LogP contribution < -0.4 is 0 Å². The second-order valence-corrected chi connectivity index (χ2v) is 20.0. The molecule has 0 rings (SSSR count). The third kappa shape index (κ3) is 47.2. The summed E-state index contributed by atoms with van der Waals surface area (Å²) in [4.78, 5) is 34.7. The van der Waals surface area contributed by atoms with Crippen LogP contribution in [0, 0.1) is 0 Å². The van der Waals surface area contributed by atoms with Gasteiger partial charge in [0.1, 0.15) is 12.2 Å². The van der Waals surface area contributed by atoms with Crippen LogP contribution in [0.25, 0.3) is 0 Å². The maximum atomic E-state index is 12.4. The number of aliphatic hydroxyl groups is 2. The van der Waals surface area contributed by atoms with Gasteiger partial charge in [0.05, 0.1) is 26.4 Å². The number of esters is 2. The van der Waals surface area contributed by atoms with Gasteiger partial charge in [0.15, 0.2) is 0 Å². The van der Waals surface area contributed by atoms with Gasteiger partial charge in [0.25, 0.3) is 0 Å². The second-order valence-electron chi connectivity index (χ2n) is 18.6. The van der Waals surface area contributed by atoms with Gasteiger partial charge in [-0.25, -0.2) is 4.57 Å². The van der Waals surface area contributed by atoms with Crippen LogP contribution in [0.15, 0.2) is 12.2 Å². The van der Waals surface area contributed by atoms with Crippen molar-refractivity contribution in [1.82, 2.24) is 0 Å². The lowest BCUT2D eigenvalue weighted by Crippen LogP contribution is -2.28. The summed E-state index contributed by atoms with van der Waals surface area (Å²) in [7, 11) is -4.64. The molecular formula is C53H103O10P. The Balaban J connectivity index is 3.77. The van der Waals surface area contributed by atoms with Crippen LogP contribution >= 0.6 is 7.82 Å². The van der Waals surface area contributed by atoms with E-state index in [0.29, 0.717) is 12.8 Å². The fourth-order valence-corrected chi connectivity index (χ4v) is 8.84. The van der Waals surface area contributed by atoms with Gasteiger partial charge in [0.2, 0.25) is 0 Å². The van der Waals surface area contributed by atoms with Crippen LogP contribution in [0.5, 0.6) is 0 Å². The molecule has 0 aromatic carbocycles. The molecule has 10 nitrogen and oxygen atoms in total. The first-order chi connectivity index (χ1) is 31.3. The van der Waals surface area contributed by atoms with Crippen LogP contribution in [0.4, 0.5) is 0 Å². The summed E-state index contributed by atoms with van der Waals surface area (Å²) in [5.41, 5.74) is 0. The first-order valence-electron chi connectivity index (χ1n) is 27.1. The van der Waals surface area contributed by atoms with Crippen LogP contribution in [0.1, 0.15) is 277 Å². The Kier molecular flexibility index (Phi) is 48.6. The van der Waals surface area contributed by atoms with Crippen molar-refractivity contribution in [3.8, 4) is 0 Å². The molecule has 0 bridgehead atoms. The Morgan fingerprint density at radius 1 is 0.406 bits per heavy atom. The van der Waals surface area contributed by atoms with E-state index in [2.05, 4.69) is 26.0 Å². The third-order valence-corrected chi connectivity index (χ3v) is 13.2. The van der Waals surface area contributed by atoms with Crippen molar-refractivity contribution >= 4 is 19.8 Å². The zero-order valence-corrected chi connectivity index (χ0v) is 42.7. The first-order valence-corrected chi connectivity index (χ1v) is 28.6. The number of aliphatic hydroxyl groups excluding tert-OH is 2. The molecule has 0 saturated heterocycles. The SMILES string of the molecule is CCCCCCCC/C=C\CCCCCCCCCCCC(=O)OC(CO)COP(=O)(O)OCC(CO)OC(=O)CCCCCCCCCCCCCCCCCCCCCCCC. The molecule has 0 heterocycles. The highest BCUT2D eigenvalue weighted by molar-refractivity contribution is 7.47. The first kappa shape index (κ1) is 62.7. The average Bonchev–Trinajstić information content (AvgIpc) is 3.29. The molecular weight excluding hydrogens is 828 g/mol. The predicted molar refractivity (Wildman–Crippen MR) is 265 cm³/mol. The molecule has 0 saturated carbocycles. The van der Waals surface area contributed by atoms with E-state index < -0.39 is 58.4 Å². The molecule has 0 aliphatic carbocycles. The highest BCUT2D eigenvalue weighted by atomic mass is 31.2. The number of hydrogen-bond donors (Lipinski definition) is 3. The van der Waals surface area contributed by atoms with Crippen LogP contribution in [-0.2, 0) is 32.7 Å². The van der Waals surface area contributed by atoms with Gasteiger partial charge in [-0.05, 0) is 38.5 Å². The number of phosphoric ester groups is 1. The van der Waals surface area contributed by atoms with Gasteiger partial charge in [-0.3, -0.25) is 18.6 Å². The number of ether oxygens (including phenoxy) is 2. The summed E-state index contributed by atoms with van der Waals surface area (Å²) in [6.07, 6.45) is 51.9. The lowest BCUT2D eigenvalue weighted by atomic mass is 10.0. The van der Waals surface area contributed by atoms with E-state index in [1.165, 1.54) is 199 Å². The van der Waals surface area contributed by atoms with E-state index in [4.69, 9.17) is 18.5 Å². The second kappa shape index (κ2) is 49.6. The topological polar surface area (TPSA) is 149 Å². The predicted octanol–water partition coefficient (Wildman–Crippen LogP) is 15.5. The average molecular weight is 931 g/mol. The Morgan fingerprint density at radius 3 is 0.891 bits per heavy atom. The smallest absolute Gasteiger partial charge is 0.457 e. The van der Waals surface area contributed by atoms with Gasteiger partial charge < -0.3 is 24.6 Å². The molecule has 380 valence electrons. The van der Waals surface area contributed by atoms with Crippen molar-refractivity contribution < 1.29 is 47.8 Å². The fraction of sp³-hybridized carbons (Fsp3) is 0.925. The van der Waals surface area contributed by atoms with Gasteiger partial charge in [-0.15, -0.1) is 0 Å². The molecule has 0 aromatic rings. The number of carbonyl (C=O) groups excluding carboxylic acids is 2. The molecule has 0 amide bonds. The number of hydrogen-bond acceptors (Lipinski definition) is 9. The zero-order chi connectivity index (χ0) is 46.9. The standard InChI is InChI=1S/C53H103O10P/c1-3-5-7-9-11-13-15-17-19-21-23-24-25-27-29-31-33-35-37-39-41-43-45-53(57)63-51(47-55)49-61-64(58,59)60-48-50(46-54)62-52(56)44-42-40-38-36-34-32-30-28-26-22-20-18-16-14-12-10-8-6-4-2/h18,20,50-51,54-55H,3-17,19,21-49H2,1-2H3,(H,58,59)/b20-18-. The van der Waals surface area contributed by atoms with Gasteiger partial charge in [-0.2, -0.15) is 0 Å². The highest BCUT2D eigenvalue weighted by Gasteiger charge is 2.27. The summed E-state index contributed by atoms with van der Waals surface area (Å²) in [5, 5.41) is 19.3. The summed E-state index contributed by atoms with van der Waals surface area (Å²) in [5.74, 6) is -1.00. The molecule has 3 N–H and O–H groups in total. The number of rotatable bonds is 52. The minimum Gasteiger partial charge on any atom is -0.457 e. The molecule has 0 spiro atoms. The van der Waals surface area contributed by atoms with Crippen molar-refractivity contribution in [3.05, 3.63) is 12.2 Å². The molecule has 0 fully saturated rings. The molecule has 64 heavy (non-hydrogen) atoms. The minimum absolute atomic E-state index is 0.194. The summed E-state index contributed by atoms with van der Waals surface area (Å²) in [6.45, 7) is 2.27. The summed E-state index contributed by atoms with van der Waals surface area (Å²) < 4.78 is 32.8. The summed E-state index contributed by atoms with van der Waals surface area (Å²) >= 11 is 0. The maximum Gasteiger partial charge on any atom is 0.472 e. The van der Waals surface area contributed by atoms with Crippen molar-refractivity contribution in [2.24, 2.45) is 0 Å². The molecule has 0 radical (unpaired) electrons. The Bertz CT molecular complexity index is 1070. The molecule has 3 unspecified atom stereocenters. The van der Waals surface area contributed by atoms with E-state index in [9.17, 15) is 29.3 Å². The van der Waals surface area contributed by atoms with Gasteiger partial charge in [-0.1, -0.05) is 238 Å². The lowest BCUT2D eigenvalue weighted by Gasteiger charge is -2.20. The molecule has 0 aliphatic rings. The van der Waals surface area contributed by atoms with E-state index >= 15 is 0 Å². The van der Waals surface area contributed by atoms with Crippen molar-refractivity contribution in [2.75, 3.05) is 26.4 Å². The number of unbranched alkanes of at least 4 members (excludes halogenated alkanes) is 36. The van der Waals surface area contributed by atoms with Crippen LogP contribution in [0.3, 0.4) is 0 Å². The van der Waals surface area contributed by atoms with Crippen molar-refractivity contribution in [1.29, 1.82) is 0 Å². The molecule has 11 heteroatoms. The van der Waals surface area contributed by atoms with Gasteiger partial charge in [0, 0.05) is 12.8 Å². The fourth-order valence-electron chi connectivity index (χ4n) is 8.05. The van der Waals surface area contributed by atoms with Crippen LogP contribution in [0.2, 0.25) is 0 Å². The molecule has 3 atom stereocenters. The van der Waals surface area contributed by atoms with E-state index in [1.54, 1.807) is 0 Å². The quantitative estimate of drug-likeness (QED) is 0.0233. The maximum absolute atomic E-state index is 12.4. The van der Waals surface area contributed by atoms with Crippen LogP contribution in [-0.4, -0.2) is 65.7 Å². The number of carbonyl (C=O) groups is 2. The zero-order valence-electron chi connectivity index (χ0n) is 41.8. The van der Waals surface area contributed by atoms with Gasteiger partial charge >= 0.3 is 19.8 Å². The Morgan fingerprint density at radius 2 is 0.641 bits per heavy atom. The minimum atomic E-state index is -4.64. The molecule has 0 aromatic heterocycles.